The highest BCUT2D eigenvalue weighted by Crippen LogP contribution is 2.18. The lowest BCUT2D eigenvalue weighted by atomic mass is 9.91. The zero-order valence-electron chi connectivity index (χ0n) is 33.3. The van der Waals surface area contributed by atoms with Crippen LogP contribution in [0.15, 0.2) is 30.3 Å². The van der Waals surface area contributed by atoms with E-state index < -0.39 is 59.7 Å². The molecule has 6 N–H and O–H groups in total. The fourth-order valence-corrected chi connectivity index (χ4v) is 6.06. The predicted octanol–water partition coefficient (Wildman–Crippen LogP) is 4.93. The maximum atomic E-state index is 13.8. The first-order valence-electron chi connectivity index (χ1n) is 18.6. The molecule has 6 atom stereocenters. The molecule has 0 unspecified atom stereocenters. The number of carbonyl (C=O) groups excluding carboxylic acids is 5. The first-order valence-corrected chi connectivity index (χ1v) is 20.0. The van der Waals surface area contributed by atoms with Gasteiger partial charge in [-0.3, -0.25) is 19.2 Å². The molecule has 296 valence electrons. The van der Waals surface area contributed by atoms with E-state index in [0.29, 0.717) is 38.0 Å². The van der Waals surface area contributed by atoms with E-state index >= 15 is 0 Å². The number of hydrogen-bond acceptors (Lipinski definition) is 8. The third-order valence-electron chi connectivity index (χ3n) is 8.17. The van der Waals surface area contributed by atoms with Crippen molar-refractivity contribution >= 4 is 41.5 Å². The van der Waals surface area contributed by atoms with Gasteiger partial charge in [-0.15, -0.1) is 0 Å². The Bertz CT molecular complexity index is 1260. The molecule has 5 amide bonds. The highest BCUT2D eigenvalue weighted by molar-refractivity contribution is 7.98. The Morgan fingerprint density at radius 1 is 0.692 bits per heavy atom. The van der Waals surface area contributed by atoms with Crippen LogP contribution in [0.3, 0.4) is 0 Å². The van der Waals surface area contributed by atoms with Crippen LogP contribution in [-0.2, 0) is 30.5 Å². The molecule has 0 bridgehead atoms. The summed E-state index contributed by atoms with van der Waals surface area (Å²) in [7, 11) is 0. The van der Waals surface area contributed by atoms with Crippen LogP contribution >= 0.6 is 11.8 Å². The number of ether oxygens (including phenoxy) is 1. The summed E-state index contributed by atoms with van der Waals surface area (Å²) in [6.07, 6.45) is 1.68. The van der Waals surface area contributed by atoms with Crippen molar-refractivity contribution in [2.45, 2.75) is 144 Å². The van der Waals surface area contributed by atoms with Crippen molar-refractivity contribution in [2.24, 2.45) is 23.7 Å². The zero-order chi connectivity index (χ0) is 39.6. The number of aliphatic hydroxyl groups excluding tert-OH is 1. The molecule has 0 saturated heterocycles. The summed E-state index contributed by atoms with van der Waals surface area (Å²) in [5, 5.41) is 25.7. The number of nitrogens with one attached hydrogen (secondary N) is 5. The van der Waals surface area contributed by atoms with Gasteiger partial charge < -0.3 is 36.4 Å². The average molecular weight is 750 g/mol. The van der Waals surface area contributed by atoms with Crippen LogP contribution in [0.1, 0.15) is 107 Å². The Morgan fingerprint density at radius 3 is 1.73 bits per heavy atom. The van der Waals surface area contributed by atoms with Crippen LogP contribution in [0.25, 0.3) is 0 Å². The maximum Gasteiger partial charge on any atom is 0.408 e. The summed E-state index contributed by atoms with van der Waals surface area (Å²) in [5.41, 5.74) is 0.199. The number of thioether (sulfide) groups is 1. The van der Waals surface area contributed by atoms with Crippen LogP contribution in [0.4, 0.5) is 4.79 Å². The fourth-order valence-electron chi connectivity index (χ4n) is 5.59. The van der Waals surface area contributed by atoms with Crippen molar-refractivity contribution in [1.82, 2.24) is 26.6 Å². The van der Waals surface area contributed by atoms with E-state index in [0.717, 1.165) is 5.56 Å². The summed E-state index contributed by atoms with van der Waals surface area (Å²) in [6.45, 7) is 19.0. The molecule has 0 spiro atoms. The van der Waals surface area contributed by atoms with Gasteiger partial charge in [-0.2, -0.15) is 11.8 Å². The summed E-state index contributed by atoms with van der Waals surface area (Å²) >= 11 is 1.53. The van der Waals surface area contributed by atoms with Gasteiger partial charge in [-0.05, 0) is 88.2 Å². The van der Waals surface area contributed by atoms with E-state index in [9.17, 15) is 29.1 Å². The SMILES string of the molecule is CSCC[C@H](NC(=O)[C@H](CC(C)C)NC(=O)OC(C)(C)C)C(=O)N[C@@H](CC(C)C)[C@@H](O)C[C@@H](C)C(=O)N[C@@H](CC(C)C)C(=O)NCc1ccccc1. The molecule has 1 aromatic carbocycles. The van der Waals surface area contributed by atoms with Gasteiger partial charge in [0.2, 0.25) is 23.6 Å². The molecule has 52 heavy (non-hydrogen) atoms. The van der Waals surface area contributed by atoms with Crippen molar-refractivity contribution in [1.29, 1.82) is 0 Å². The van der Waals surface area contributed by atoms with E-state index in [4.69, 9.17) is 4.74 Å². The summed E-state index contributed by atoms with van der Waals surface area (Å²) < 4.78 is 5.37. The Morgan fingerprint density at radius 2 is 1.21 bits per heavy atom. The number of hydrogen-bond donors (Lipinski definition) is 6. The predicted molar refractivity (Wildman–Crippen MR) is 208 cm³/mol. The van der Waals surface area contributed by atoms with E-state index in [1.165, 1.54) is 11.8 Å². The Kier molecular flexibility index (Phi) is 21.0. The lowest BCUT2D eigenvalue weighted by Gasteiger charge is -2.30. The van der Waals surface area contributed by atoms with Gasteiger partial charge in [0.15, 0.2) is 0 Å². The molecule has 0 aromatic heterocycles. The number of benzene rings is 1. The highest BCUT2D eigenvalue weighted by Gasteiger charge is 2.33. The topological polar surface area (TPSA) is 175 Å². The largest absolute Gasteiger partial charge is 0.444 e. The normalized spacial score (nSPS) is 15.2. The molecular weight excluding hydrogens is 683 g/mol. The molecule has 13 heteroatoms. The summed E-state index contributed by atoms with van der Waals surface area (Å²) in [4.78, 5) is 66.3. The molecule has 0 aliphatic carbocycles. The summed E-state index contributed by atoms with van der Waals surface area (Å²) in [6, 6.07) is 6.23. The highest BCUT2D eigenvalue weighted by atomic mass is 32.2. The third kappa shape index (κ3) is 19.5. The monoisotopic (exact) mass is 749 g/mol. The Balaban J connectivity index is 3.05. The van der Waals surface area contributed by atoms with Gasteiger partial charge in [0.05, 0.1) is 12.1 Å². The second-order valence-electron chi connectivity index (χ2n) is 16.0. The van der Waals surface area contributed by atoms with Crippen molar-refractivity contribution < 1.29 is 33.8 Å². The minimum atomic E-state index is -1.08. The standard InChI is InChI=1S/C39H67N5O7S/c1-24(2)19-30(33(45)22-27(7)34(46)43-31(20-25(3)4)35(47)40-23-28-15-13-12-14-16-28)42-36(48)29(17-18-52-11)41-37(49)32(21-26(5)6)44-38(50)51-39(8,9)10/h12-16,24-27,29-33,45H,17-23H2,1-11H3,(H,40,47)(H,41,49)(H,42,48)(H,43,46)(H,44,50)/t27-,29+,30+,31+,32+,33+/m1/s1. The molecule has 1 rings (SSSR count). The smallest absolute Gasteiger partial charge is 0.408 e. The van der Waals surface area contributed by atoms with Gasteiger partial charge >= 0.3 is 6.09 Å². The second-order valence-corrected chi connectivity index (χ2v) is 17.0. The maximum absolute atomic E-state index is 13.8. The number of aliphatic hydroxyl groups is 1. The van der Waals surface area contributed by atoms with Gasteiger partial charge in [0, 0.05) is 12.5 Å². The molecule has 1 aromatic rings. The van der Waals surface area contributed by atoms with E-state index in [1.54, 1.807) is 27.7 Å². The van der Waals surface area contributed by atoms with Crippen molar-refractivity contribution in [3.63, 3.8) is 0 Å². The zero-order valence-corrected chi connectivity index (χ0v) is 34.2. The number of alkyl carbamates (subject to hydrolysis) is 1. The second kappa shape index (κ2) is 23.4. The Hall–Kier alpha value is -3.32. The third-order valence-corrected chi connectivity index (χ3v) is 8.81. The number of carbonyl (C=O) groups is 5. The van der Waals surface area contributed by atoms with Crippen molar-refractivity contribution in [3.05, 3.63) is 35.9 Å². The van der Waals surface area contributed by atoms with E-state index in [1.807, 2.05) is 78.1 Å². The fraction of sp³-hybridized carbons (Fsp3) is 0.718. The van der Waals surface area contributed by atoms with E-state index in [2.05, 4.69) is 26.6 Å². The van der Waals surface area contributed by atoms with Crippen molar-refractivity contribution in [2.75, 3.05) is 12.0 Å². The lowest BCUT2D eigenvalue weighted by molar-refractivity contribution is -0.132. The van der Waals surface area contributed by atoms with Gasteiger partial charge in [0.25, 0.3) is 0 Å². The van der Waals surface area contributed by atoms with Gasteiger partial charge in [-0.1, -0.05) is 78.8 Å². The number of rotatable bonds is 22. The quantitative estimate of drug-likeness (QED) is 0.0968. The number of amides is 5. The molecule has 0 fully saturated rings. The molecule has 0 aliphatic heterocycles. The molecule has 0 radical (unpaired) electrons. The van der Waals surface area contributed by atoms with Gasteiger partial charge in [0.1, 0.15) is 23.7 Å². The Labute approximate surface area is 316 Å². The molecular formula is C39H67N5O7S. The van der Waals surface area contributed by atoms with Crippen LogP contribution < -0.4 is 26.6 Å². The molecule has 0 saturated carbocycles. The minimum Gasteiger partial charge on any atom is -0.444 e. The summed E-state index contributed by atoms with van der Waals surface area (Å²) in [5.74, 6) is -1.38. The van der Waals surface area contributed by atoms with Crippen LogP contribution in [0.5, 0.6) is 0 Å². The van der Waals surface area contributed by atoms with Crippen LogP contribution in [0.2, 0.25) is 0 Å². The van der Waals surface area contributed by atoms with Crippen molar-refractivity contribution in [3.8, 4) is 0 Å². The minimum absolute atomic E-state index is 0.0433. The van der Waals surface area contributed by atoms with E-state index in [-0.39, 0.29) is 36.0 Å². The molecule has 0 heterocycles. The molecule has 0 aliphatic rings. The lowest BCUT2D eigenvalue weighted by Crippen LogP contribution is -2.57. The van der Waals surface area contributed by atoms with Crippen LogP contribution in [-0.4, -0.2) is 82.7 Å². The average Bonchev–Trinajstić information content (AvgIpc) is 3.03. The first kappa shape index (κ1) is 46.7. The first-order chi connectivity index (χ1) is 24.2. The van der Waals surface area contributed by atoms with Gasteiger partial charge in [-0.25, -0.2) is 4.79 Å². The van der Waals surface area contributed by atoms with Crippen LogP contribution in [0, 0.1) is 23.7 Å². The molecule has 12 nitrogen and oxygen atoms in total.